The van der Waals surface area contributed by atoms with Gasteiger partial charge in [0.1, 0.15) is 5.75 Å². The topological polar surface area (TPSA) is 32.8 Å². The fraction of sp³-hybridized carbons (Fsp3) is 0.571. The van der Waals surface area contributed by atoms with Crippen molar-refractivity contribution in [2.45, 2.75) is 51.0 Å². The van der Waals surface area contributed by atoms with Gasteiger partial charge in [-0.1, -0.05) is 44.2 Å². The Hall–Kier alpha value is -1.99. The molecule has 0 radical (unpaired) electrons. The van der Waals surface area contributed by atoms with Gasteiger partial charge in [0.05, 0.1) is 6.54 Å². The summed E-state index contributed by atoms with van der Waals surface area (Å²) in [7, 11) is 3.86. The molecule has 1 fully saturated rings. The van der Waals surface area contributed by atoms with Crippen molar-refractivity contribution in [1.29, 1.82) is 0 Å². The first-order chi connectivity index (χ1) is 12.0. The SMILES string of the molecule is C#CCN(C)CC(C)c1cccc(OC(=O)N(C)C2CCCCC2)c1. The predicted octanol–water partition coefficient (Wildman–Crippen LogP) is 4.12. The number of likely N-dealkylation sites (N-methyl/N-ethyl adjacent to an activating group) is 1. The molecule has 0 bridgehead atoms. The van der Waals surface area contributed by atoms with E-state index in [0.29, 0.717) is 24.3 Å². The molecule has 0 saturated heterocycles. The van der Waals surface area contributed by atoms with Gasteiger partial charge in [0.25, 0.3) is 0 Å². The van der Waals surface area contributed by atoms with Crippen molar-refractivity contribution in [1.82, 2.24) is 9.80 Å². The lowest BCUT2D eigenvalue weighted by Crippen LogP contribution is -2.40. The lowest BCUT2D eigenvalue weighted by molar-refractivity contribution is 0.133. The monoisotopic (exact) mass is 342 g/mol. The summed E-state index contributed by atoms with van der Waals surface area (Å²) in [5.41, 5.74) is 1.15. The number of nitrogens with zero attached hydrogens (tertiary/aromatic N) is 2. The quantitative estimate of drug-likeness (QED) is 0.729. The molecule has 1 amide bonds. The number of carbonyl (C=O) groups excluding carboxylic acids is 1. The molecule has 0 aromatic heterocycles. The zero-order chi connectivity index (χ0) is 18.2. The summed E-state index contributed by atoms with van der Waals surface area (Å²) in [6.45, 7) is 3.65. The Morgan fingerprint density at radius 3 is 2.72 bits per heavy atom. The molecule has 1 aliphatic carbocycles. The Bertz CT molecular complexity index is 602. The number of carbonyl (C=O) groups is 1. The fourth-order valence-electron chi connectivity index (χ4n) is 3.47. The van der Waals surface area contributed by atoms with Crippen LogP contribution < -0.4 is 4.74 Å². The zero-order valence-corrected chi connectivity index (χ0v) is 15.7. The molecule has 1 atom stereocenters. The number of rotatable bonds is 6. The summed E-state index contributed by atoms with van der Waals surface area (Å²) in [5, 5.41) is 0. The van der Waals surface area contributed by atoms with Crippen molar-refractivity contribution < 1.29 is 9.53 Å². The largest absolute Gasteiger partial charge is 0.415 e. The first kappa shape index (κ1) is 19.3. The van der Waals surface area contributed by atoms with Gasteiger partial charge in [-0.15, -0.1) is 6.42 Å². The molecule has 4 nitrogen and oxygen atoms in total. The third-order valence-corrected chi connectivity index (χ3v) is 4.99. The standard InChI is InChI=1S/C21H30N2O2/c1-5-14-22(3)16-17(2)18-10-9-13-20(15-18)25-21(24)23(4)19-11-7-6-8-12-19/h1,9-10,13,15,17,19H,6-8,11-12,14,16H2,2-4H3. The van der Waals surface area contributed by atoms with Gasteiger partial charge in [0.15, 0.2) is 0 Å². The van der Waals surface area contributed by atoms with Gasteiger partial charge in [0, 0.05) is 19.6 Å². The van der Waals surface area contributed by atoms with Crippen LogP contribution in [0.5, 0.6) is 5.75 Å². The summed E-state index contributed by atoms with van der Waals surface area (Å²) < 4.78 is 5.61. The second kappa shape index (κ2) is 9.48. The van der Waals surface area contributed by atoms with Crippen molar-refractivity contribution >= 4 is 6.09 Å². The molecule has 1 aliphatic rings. The summed E-state index contributed by atoms with van der Waals surface area (Å²) in [6, 6.07) is 8.11. The third-order valence-electron chi connectivity index (χ3n) is 4.99. The Morgan fingerprint density at radius 2 is 2.04 bits per heavy atom. The van der Waals surface area contributed by atoms with E-state index in [1.807, 2.05) is 32.3 Å². The average Bonchev–Trinajstić information content (AvgIpc) is 2.62. The molecule has 0 aliphatic heterocycles. The maximum absolute atomic E-state index is 12.4. The zero-order valence-electron chi connectivity index (χ0n) is 15.7. The molecule has 0 spiro atoms. The highest BCUT2D eigenvalue weighted by Crippen LogP contribution is 2.24. The van der Waals surface area contributed by atoms with Crippen LogP contribution in [0, 0.1) is 12.3 Å². The molecule has 0 N–H and O–H groups in total. The van der Waals surface area contributed by atoms with E-state index in [4.69, 9.17) is 11.2 Å². The van der Waals surface area contributed by atoms with Crippen LogP contribution in [0.3, 0.4) is 0 Å². The number of benzene rings is 1. The smallest absolute Gasteiger partial charge is 0.410 e. The van der Waals surface area contributed by atoms with E-state index >= 15 is 0 Å². The summed E-state index contributed by atoms with van der Waals surface area (Å²) >= 11 is 0. The molecule has 1 unspecified atom stereocenters. The molecule has 1 aromatic carbocycles. The van der Waals surface area contributed by atoms with E-state index in [1.54, 1.807) is 4.90 Å². The van der Waals surface area contributed by atoms with Gasteiger partial charge in [0.2, 0.25) is 0 Å². The lowest BCUT2D eigenvalue weighted by atomic mass is 9.95. The Balaban J connectivity index is 1.96. The van der Waals surface area contributed by atoms with Crippen molar-refractivity contribution in [3.8, 4) is 18.1 Å². The van der Waals surface area contributed by atoms with Gasteiger partial charge >= 0.3 is 6.09 Å². The number of hydrogen-bond donors (Lipinski definition) is 0. The van der Waals surface area contributed by atoms with Crippen molar-refractivity contribution in [3.05, 3.63) is 29.8 Å². The molecular weight excluding hydrogens is 312 g/mol. The molecule has 136 valence electrons. The van der Waals surface area contributed by atoms with Crippen LogP contribution in [0.4, 0.5) is 4.79 Å². The molecule has 1 aromatic rings. The summed E-state index contributed by atoms with van der Waals surface area (Å²) in [4.78, 5) is 16.3. The van der Waals surface area contributed by atoms with Gasteiger partial charge in [-0.05, 0) is 43.5 Å². The van der Waals surface area contributed by atoms with Crippen LogP contribution in [-0.4, -0.2) is 49.1 Å². The van der Waals surface area contributed by atoms with E-state index in [0.717, 1.165) is 24.9 Å². The highest BCUT2D eigenvalue weighted by atomic mass is 16.6. The molecule has 25 heavy (non-hydrogen) atoms. The van der Waals surface area contributed by atoms with Gasteiger partial charge in [-0.2, -0.15) is 0 Å². The van der Waals surface area contributed by atoms with E-state index in [-0.39, 0.29) is 6.09 Å². The average molecular weight is 342 g/mol. The van der Waals surface area contributed by atoms with Crippen LogP contribution >= 0.6 is 0 Å². The first-order valence-electron chi connectivity index (χ1n) is 9.18. The maximum Gasteiger partial charge on any atom is 0.415 e. The van der Waals surface area contributed by atoms with Crippen molar-refractivity contribution in [2.75, 3.05) is 27.2 Å². The third kappa shape index (κ3) is 5.79. The second-order valence-corrected chi connectivity index (χ2v) is 7.15. The number of hydrogen-bond acceptors (Lipinski definition) is 3. The highest BCUT2D eigenvalue weighted by molar-refractivity contribution is 5.70. The molecule has 0 heterocycles. The predicted molar refractivity (Wildman–Crippen MR) is 102 cm³/mol. The number of terminal acetylenes is 1. The van der Waals surface area contributed by atoms with Gasteiger partial charge < -0.3 is 9.64 Å². The second-order valence-electron chi connectivity index (χ2n) is 7.15. The van der Waals surface area contributed by atoms with E-state index in [1.165, 1.54) is 19.3 Å². The lowest BCUT2D eigenvalue weighted by Gasteiger charge is -2.30. The molecule has 4 heteroatoms. The maximum atomic E-state index is 12.4. The van der Waals surface area contributed by atoms with E-state index in [9.17, 15) is 4.79 Å². The molecule has 2 rings (SSSR count). The van der Waals surface area contributed by atoms with E-state index < -0.39 is 0 Å². The number of ether oxygens (including phenoxy) is 1. The normalized spacial score (nSPS) is 16.3. The minimum atomic E-state index is -0.263. The minimum absolute atomic E-state index is 0.263. The van der Waals surface area contributed by atoms with Crippen LogP contribution in [0.15, 0.2) is 24.3 Å². The van der Waals surface area contributed by atoms with Crippen molar-refractivity contribution in [2.24, 2.45) is 0 Å². The minimum Gasteiger partial charge on any atom is -0.410 e. The number of amides is 1. The molecule has 1 saturated carbocycles. The Kier molecular flexibility index (Phi) is 7.33. The van der Waals surface area contributed by atoms with Crippen LogP contribution in [0.25, 0.3) is 0 Å². The fourth-order valence-corrected chi connectivity index (χ4v) is 3.47. The summed E-state index contributed by atoms with van der Waals surface area (Å²) in [5.74, 6) is 3.58. The Morgan fingerprint density at radius 1 is 1.32 bits per heavy atom. The van der Waals surface area contributed by atoms with Gasteiger partial charge in [-0.3, -0.25) is 4.90 Å². The van der Waals surface area contributed by atoms with Crippen LogP contribution in [0.1, 0.15) is 50.5 Å². The highest BCUT2D eigenvalue weighted by Gasteiger charge is 2.23. The van der Waals surface area contributed by atoms with Crippen LogP contribution in [-0.2, 0) is 0 Å². The molecular formula is C21H30N2O2. The van der Waals surface area contributed by atoms with E-state index in [2.05, 4.69) is 23.8 Å². The Labute approximate surface area is 152 Å². The van der Waals surface area contributed by atoms with Gasteiger partial charge in [-0.25, -0.2) is 4.79 Å². The summed E-state index contributed by atoms with van der Waals surface area (Å²) in [6.07, 6.45) is 10.9. The first-order valence-corrected chi connectivity index (χ1v) is 9.18. The van der Waals surface area contributed by atoms with Crippen molar-refractivity contribution in [3.63, 3.8) is 0 Å². The van der Waals surface area contributed by atoms with Crippen LogP contribution in [0.2, 0.25) is 0 Å².